The Kier molecular flexibility index (Phi) is 6.93. The van der Waals surface area contributed by atoms with Gasteiger partial charge in [0.1, 0.15) is 0 Å². The summed E-state index contributed by atoms with van der Waals surface area (Å²) in [6.45, 7) is 2.23. The number of carbonyl (C=O) groups excluding carboxylic acids is 3. The number of fused-ring (bicyclic) bond motifs is 1. The minimum absolute atomic E-state index is 0.0682. The summed E-state index contributed by atoms with van der Waals surface area (Å²) in [6.07, 6.45) is 4.26. The standard InChI is InChI=1S/C25H27BrN4O4S/c26-18-7-8-20-19(14-18)23(32)30(25(35)27-20)15-16-3-5-17(6-4-16)22(31)28-9-11-29(12-10-28)24(33)21-2-1-13-34-21/h1-6,13,18-20H,7-12,14-15H2,(H,27,35). The highest BCUT2D eigenvalue weighted by atomic mass is 79.9. The molecule has 35 heavy (non-hydrogen) atoms. The molecule has 184 valence electrons. The number of nitrogens with zero attached hydrogens (tertiary/aromatic N) is 3. The number of piperazine rings is 1. The van der Waals surface area contributed by atoms with Gasteiger partial charge in [-0.2, -0.15) is 0 Å². The van der Waals surface area contributed by atoms with E-state index in [2.05, 4.69) is 21.2 Å². The molecule has 2 aromatic rings. The summed E-state index contributed by atoms with van der Waals surface area (Å²) in [6, 6.07) is 10.8. The number of alkyl halides is 1. The molecule has 1 aliphatic carbocycles. The molecule has 1 N–H and O–H groups in total. The monoisotopic (exact) mass is 558 g/mol. The quantitative estimate of drug-likeness (QED) is 0.458. The lowest BCUT2D eigenvalue weighted by Gasteiger charge is -2.43. The summed E-state index contributed by atoms with van der Waals surface area (Å²) >= 11 is 9.16. The minimum atomic E-state index is -0.155. The molecule has 0 radical (unpaired) electrons. The fourth-order valence-corrected chi connectivity index (χ4v) is 6.01. The molecular weight excluding hydrogens is 532 g/mol. The largest absolute Gasteiger partial charge is 0.459 e. The highest BCUT2D eigenvalue weighted by molar-refractivity contribution is 9.09. The Morgan fingerprint density at radius 3 is 2.37 bits per heavy atom. The predicted octanol–water partition coefficient (Wildman–Crippen LogP) is 3.03. The summed E-state index contributed by atoms with van der Waals surface area (Å²) < 4.78 is 5.19. The number of hydrogen-bond acceptors (Lipinski definition) is 5. The first-order chi connectivity index (χ1) is 16.9. The van der Waals surface area contributed by atoms with Crippen LogP contribution in [-0.2, 0) is 11.3 Å². The van der Waals surface area contributed by atoms with Crippen LogP contribution in [-0.4, -0.2) is 74.6 Å². The van der Waals surface area contributed by atoms with Crippen LogP contribution in [0.3, 0.4) is 0 Å². The summed E-state index contributed by atoms with van der Waals surface area (Å²) in [5.74, 6) is 0.0934. The van der Waals surface area contributed by atoms with Crippen molar-refractivity contribution in [3.63, 3.8) is 0 Å². The van der Waals surface area contributed by atoms with Crippen LogP contribution in [0.5, 0.6) is 0 Å². The van der Waals surface area contributed by atoms with Crippen molar-refractivity contribution in [2.75, 3.05) is 26.2 Å². The lowest BCUT2D eigenvalue weighted by atomic mass is 9.82. The van der Waals surface area contributed by atoms with Gasteiger partial charge in [-0.3, -0.25) is 19.3 Å². The van der Waals surface area contributed by atoms with E-state index in [1.165, 1.54) is 6.26 Å². The van der Waals surface area contributed by atoms with Crippen LogP contribution >= 0.6 is 28.1 Å². The molecule has 2 saturated heterocycles. The number of furan rings is 1. The molecular formula is C25H27BrN4O4S. The van der Waals surface area contributed by atoms with Gasteiger partial charge in [0, 0.05) is 42.6 Å². The molecule has 3 fully saturated rings. The molecule has 1 aromatic heterocycles. The summed E-state index contributed by atoms with van der Waals surface area (Å²) in [4.78, 5) is 44.0. The zero-order chi connectivity index (χ0) is 24.5. The van der Waals surface area contributed by atoms with Crippen molar-refractivity contribution in [3.8, 4) is 0 Å². The Balaban J connectivity index is 1.18. The van der Waals surface area contributed by atoms with Crippen molar-refractivity contribution in [1.82, 2.24) is 20.0 Å². The number of thiocarbonyl (C=S) groups is 1. The lowest BCUT2D eigenvalue weighted by Crippen LogP contribution is -2.61. The third-order valence-electron chi connectivity index (χ3n) is 7.05. The first kappa shape index (κ1) is 24.0. The Morgan fingerprint density at radius 2 is 1.71 bits per heavy atom. The molecule has 0 spiro atoms. The normalized spacial score (nSPS) is 24.7. The third kappa shape index (κ3) is 4.99. The average molecular weight is 559 g/mol. The van der Waals surface area contributed by atoms with Gasteiger partial charge in [0.25, 0.3) is 11.8 Å². The molecule has 5 rings (SSSR count). The second kappa shape index (κ2) is 10.1. The molecule has 3 aliphatic rings. The van der Waals surface area contributed by atoms with Gasteiger partial charge >= 0.3 is 0 Å². The molecule has 0 bridgehead atoms. The fourth-order valence-electron chi connectivity index (χ4n) is 5.04. The predicted molar refractivity (Wildman–Crippen MR) is 137 cm³/mol. The van der Waals surface area contributed by atoms with Crippen molar-refractivity contribution in [3.05, 3.63) is 59.5 Å². The van der Waals surface area contributed by atoms with E-state index in [0.29, 0.717) is 54.0 Å². The van der Waals surface area contributed by atoms with Crippen LogP contribution in [0, 0.1) is 5.92 Å². The molecule has 1 saturated carbocycles. The number of halogens is 1. The van der Waals surface area contributed by atoms with E-state index in [4.69, 9.17) is 16.6 Å². The molecule has 1 aromatic carbocycles. The third-order valence-corrected chi connectivity index (χ3v) is 8.22. The maximum atomic E-state index is 13.1. The van der Waals surface area contributed by atoms with Crippen LogP contribution in [0.1, 0.15) is 45.7 Å². The van der Waals surface area contributed by atoms with Crippen LogP contribution in [0.2, 0.25) is 0 Å². The lowest BCUT2D eigenvalue weighted by molar-refractivity contribution is -0.135. The van der Waals surface area contributed by atoms with Crippen molar-refractivity contribution >= 4 is 51.0 Å². The second-order valence-electron chi connectivity index (χ2n) is 9.26. The van der Waals surface area contributed by atoms with E-state index in [1.807, 2.05) is 12.1 Å². The van der Waals surface area contributed by atoms with Crippen LogP contribution < -0.4 is 5.32 Å². The number of carbonyl (C=O) groups is 3. The van der Waals surface area contributed by atoms with Gasteiger partial charge in [-0.05, 0) is 61.3 Å². The zero-order valence-electron chi connectivity index (χ0n) is 19.2. The minimum Gasteiger partial charge on any atom is -0.459 e. The first-order valence-electron chi connectivity index (χ1n) is 11.9. The van der Waals surface area contributed by atoms with E-state index in [9.17, 15) is 14.4 Å². The van der Waals surface area contributed by atoms with Gasteiger partial charge in [0.2, 0.25) is 5.91 Å². The number of nitrogens with one attached hydrogen (secondary N) is 1. The van der Waals surface area contributed by atoms with Crippen LogP contribution in [0.15, 0.2) is 47.1 Å². The molecule has 3 atom stereocenters. The molecule has 10 heteroatoms. The molecule has 3 amide bonds. The van der Waals surface area contributed by atoms with Crippen molar-refractivity contribution in [2.45, 2.75) is 36.7 Å². The maximum absolute atomic E-state index is 13.1. The highest BCUT2D eigenvalue weighted by Gasteiger charge is 2.42. The Bertz CT molecular complexity index is 1110. The van der Waals surface area contributed by atoms with Crippen molar-refractivity contribution in [2.24, 2.45) is 5.92 Å². The van der Waals surface area contributed by atoms with Gasteiger partial charge in [-0.1, -0.05) is 28.1 Å². The van der Waals surface area contributed by atoms with E-state index < -0.39 is 0 Å². The topological polar surface area (TPSA) is 86.1 Å². The first-order valence-corrected chi connectivity index (χ1v) is 13.2. The maximum Gasteiger partial charge on any atom is 0.289 e. The number of hydrogen-bond donors (Lipinski definition) is 1. The summed E-state index contributed by atoms with van der Waals surface area (Å²) in [7, 11) is 0. The van der Waals surface area contributed by atoms with Crippen LogP contribution in [0.25, 0.3) is 0 Å². The van der Waals surface area contributed by atoms with Crippen molar-refractivity contribution < 1.29 is 18.8 Å². The Hall–Kier alpha value is -2.72. The number of rotatable bonds is 4. The van der Waals surface area contributed by atoms with Crippen LogP contribution in [0.4, 0.5) is 0 Å². The second-order valence-corrected chi connectivity index (χ2v) is 10.9. The van der Waals surface area contributed by atoms with E-state index in [1.54, 1.807) is 39.0 Å². The highest BCUT2D eigenvalue weighted by Crippen LogP contribution is 2.33. The molecule has 8 nitrogen and oxygen atoms in total. The van der Waals surface area contributed by atoms with E-state index in [-0.39, 0.29) is 29.7 Å². The van der Waals surface area contributed by atoms with E-state index in [0.717, 1.165) is 24.8 Å². The molecule has 3 unspecified atom stereocenters. The van der Waals surface area contributed by atoms with Gasteiger partial charge in [0.15, 0.2) is 10.9 Å². The Morgan fingerprint density at radius 1 is 1.03 bits per heavy atom. The fraction of sp³-hybridized carbons (Fsp3) is 0.440. The molecule has 3 heterocycles. The van der Waals surface area contributed by atoms with Crippen molar-refractivity contribution in [1.29, 1.82) is 0 Å². The summed E-state index contributed by atoms with van der Waals surface area (Å²) in [5, 5.41) is 3.83. The average Bonchev–Trinajstić information content (AvgIpc) is 3.42. The SMILES string of the molecule is O=C(c1ccc(CN2C(=O)C3CC(Br)CCC3NC2=S)cc1)N1CCN(C(=O)c2ccco2)CC1. The zero-order valence-corrected chi connectivity index (χ0v) is 21.6. The van der Waals surface area contributed by atoms with E-state index >= 15 is 0 Å². The van der Waals surface area contributed by atoms with Gasteiger partial charge in [-0.15, -0.1) is 0 Å². The summed E-state index contributed by atoms with van der Waals surface area (Å²) in [5.41, 5.74) is 1.50. The number of amides is 3. The molecule has 2 aliphatic heterocycles. The smallest absolute Gasteiger partial charge is 0.289 e. The van der Waals surface area contributed by atoms with Gasteiger partial charge < -0.3 is 19.5 Å². The Labute approximate surface area is 217 Å². The van der Waals surface area contributed by atoms with Gasteiger partial charge in [-0.25, -0.2) is 0 Å². The number of benzene rings is 1. The van der Waals surface area contributed by atoms with Gasteiger partial charge in [0.05, 0.1) is 18.7 Å².